The molecule has 5 heteroatoms. The van der Waals surface area contributed by atoms with Gasteiger partial charge in [0.25, 0.3) is 0 Å². The molecule has 28 heavy (non-hydrogen) atoms. The van der Waals surface area contributed by atoms with Crippen LogP contribution < -0.4 is 0 Å². The van der Waals surface area contributed by atoms with Crippen molar-refractivity contribution in [3.8, 4) is 0 Å². The summed E-state index contributed by atoms with van der Waals surface area (Å²) >= 11 is 0. The van der Waals surface area contributed by atoms with Crippen LogP contribution in [0.3, 0.4) is 0 Å². The Morgan fingerprint density at radius 2 is 1.46 bits per heavy atom. The largest absolute Gasteiger partial charge is 0.339 e. The lowest BCUT2D eigenvalue weighted by Crippen LogP contribution is -2.55. The molecule has 4 rings (SSSR count). The Kier molecular flexibility index (Phi) is 5.70. The van der Waals surface area contributed by atoms with Crippen LogP contribution in [0.15, 0.2) is 24.3 Å². The number of hydrogen-bond donors (Lipinski definition) is 0. The molecule has 1 aromatic carbocycles. The van der Waals surface area contributed by atoms with Gasteiger partial charge < -0.3 is 9.80 Å². The number of carbonyl (C=O) groups is 2. The minimum Gasteiger partial charge on any atom is -0.339 e. The van der Waals surface area contributed by atoms with Gasteiger partial charge in [-0.2, -0.15) is 0 Å². The average molecular weight is 387 g/mol. The Morgan fingerprint density at radius 1 is 0.893 bits per heavy atom. The highest BCUT2D eigenvalue weighted by molar-refractivity contribution is 5.89. The molecule has 1 heterocycles. The average Bonchev–Trinajstić information content (AvgIpc) is 3.41. The Bertz CT molecular complexity index is 698. The molecule has 0 spiro atoms. The number of halogens is 1. The van der Waals surface area contributed by atoms with E-state index in [2.05, 4.69) is 0 Å². The summed E-state index contributed by atoms with van der Waals surface area (Å²) in [6, 6.07) is 6.48. The van der Waals surface area contributed by atoms with Crippen molar-refractivity contribution in [1.82, 2.24) is 9.80 Å². The molecule has 3 fully saturated rings. The van der Waals surface area contributed by atoms with Gasteiger partial charge in [0, 0.05) is 32.6 Å². The highest BCUT2D eigenvalue weighted by Gasteiger charge is 2.45. The highest BCUT2D eigenvalue weighted by Crippen LogP contribution is 2.43. The van der Waals surface area contributed by atoms with Gasteiger partial charge in [-0.1, -0.05) is 37.8 Å². The minimum atomic E-state index is -0.510. The first-order valence-electron chi connectivity index (χ1n) is 10.9. The molecule has 1 aromatic rings. The molecular weight excluding hydrogens is 355 g/mol. The van der Waals surface area contributed by atoms with Crippen LogP contribution in [0.25, 0.3) is 0 Å². The summed E-state index contributed by atoms with van der Waals surface area (Å²) in [6.45, 7) is 2.49. The molecule has 4 nitrogen and oxygen atoms in total. The molecular formula is C23H31FN2O2. The van der Waals surface area contributed by atoms with Crippen LogP contribution in [-0.2, 0) is 15.0 Å². The lowest BCUT2D eigenvalue weighted by Gasteiger charge is -2.40. The molecule has 2 aliphatic carbocycles. The summed E-state index contributed by atoms with van der Waals surface area (Å²) in [5, 5.41) is 0. The maximum absolute atomic E-state index is 13.5. The zero-order chi connectivity index (χ0) is 19.6. The molecule has 1 saturated heterocycles. The quantitative estimate of drug-likeness (QED) is 0.788. The molecule has 0 unspecified atom stereocenters. The smallest absolute Gasteiger partial charge is 0.233 e. The van der Waals surface area contributed by atoms with Crippen LogP contribution in [-0.4, -0.2) is 47.8 Å². The van der Waals surface area contributed by atoms with E-state index in [4.69, 9.17) is 0 Å². The lowest BCUT2D eigenvalue weighted by atomic mass is 9.77. The summed E-state index contributed by atoms with van der Waals surface area (Å²) < 4.78 is 13.4. The number of amides is 2. The Hall–Kier alpha value is -1.91. The molecule has 0 N–H and O–H groups in total. The van der Waals surface area contributed by atoms with Gasteiger partial charge >= 0.3 is 0 Å². The van der Waals surface area contributed by atoms with Crippen molar-refractivity contribution in [1.29, 1.82) is 0 Å². The standard InChI is InChI=1S/C23H31FN2O2/c24-20-9-7-19(8-10-20)23(11-3-4-12-23)22(28)26-15-13-25(14-16-26)21(27)17-18-5-1-2-6-18/h7-10,18H,1-6,11-17H2. The molecule has 3 aliphatic rings. The number of rotatable bonds is 4. The topological polar surface area (TPSA) is 40.6 Å². The van der Waals surface area contributed by atoms with E-state index in [0.29, 0.717) is 38.5 Å². The van der Waals surface area contributed by atoms with Gasteiger partial charge in [-0.05, 0) is 49.3 Å². The third-order valence-corrected chi connectivity index (χ3v) is 7.12. The van der Waals surface area contributed by atoms with E-state index in [1.54, 1.807) is 12.1 Å². The fourth-order valence-electron chi connectivity index (χ4n) is 5.43. The van der Waals surface area contributed by atoms with Gasteiger partial charge in [0.2, 0.25) is 11.8 Å². The highest BCUT2D eigenvalue weighted by atomic mass is 19.1. The molecule has 0 aromatic heterocycles. The van der Waals surface area contributed by atoms with Crippen molar-refractivity contribution in [3.63, 3.8) is 0 Å². The molecule has 0 bridgehead atoms. The van der Waals surface area contributed by atoms with Gasteiger partial charge in [0.1, 0.15) is 5.82 Å². The molecule has 1 aliphatic heterocycles. The third-order valence-electron chi connectivity index (χ3n) is 7.12. The normalized spacial score (nSPS) is 22.6. The minimum absolute atomic E-state index is 0.166. The zero-order valence-electron chi connectivity index (χ0n) is 16.7. The number of benzene rings is 1. The molecule has 2 saturated carbocycles. The Labute approximate surface area is 167 Å². The van der Waals surface area contributed by atoms with E-state index in [9.17, 15) is 14.0 Å². The van der Waals surface area contributed by atoms with E-state index < -0.39 is 5.41 Å². The van der Waals surface area contributed by atoms with Gasteiger partial charge in [-0.15, -0.1) is 0 Å². The van der Waals surface area contributed by atoms with Crippen molar-refractivity contribution in [3.05, 3.63) is 35.6 Å². The maximum atomic E-state index is 13.5. The van der Waals surface area contributed by atoms with Gasteiger partial charge in [-0.3, -0.25) is 9.59 Å². The first kappa shape index (κ1) is 19.4. The summed E-state index contributed by atoms with van der Waals surface area (Å²) in [6.07, 6.45) is 9.28. The predicted molar refractivity (Wildman–Crippen MR) is 106 cm³/mol. The van der Waals surface area contributed by atoms with Crippen LogP contribution in [0.5, 0.6) is 0 Å². The second-order valence-corrected chi connectivity index (χ2v) is 8.82. The second kappa shape index (κ2) is 8.22. The second-order valence-electron chi connectivity index (χ2n) is 8.82. The van der Waals surface area contributed by atoms with E-state index >= 15 is 0 Å². The van der Waals surface area contributed by atoms with E-state index in [0.717, 1.165) is 31.2 Å². The molecule has 0 atom stereocenters. The number of hydrogen-bond acceptors (Lipinski definition) is 2. The summed E-state index contributed by atoms with van der Waals surface area (Å²) in [5.74, 6) is 0.721. The van der Waals surface area contributed by atoms with Crippen molar-refractivity contribution < 1.29 is 14.0 Å². The zero-order valence-corrected chi connectivity index (χ0v) is 16.7. The summed E-state index contributed by atoms with van der Waals surface area (Å²) in [5.41, 5.74) is 0.431. The molecule has 2 amide bonds. The molecule has 0 radical (unpaired) electrons. The number of nitrogens with zero attached hydrogens (tertiary/aromatic N) is 2. The Balaban J connectivity index is 1.39. The van der Waals surface area contributed by atoms with Crippen molar-refractivity contribution in [2.75, 3.05) is 26.2 Å². The van der Waals surface area contributed by atoms with Crippen LogP contribution in [0.4, 0.5) is 4.39 Å². The third kappa shape index (κ3) is 3.81. The van der Waals surface area contributed by atoms with Crippen molar-refractivity contribution in [2.24, 2.45) is 5.92 Å². The Morgan fingerprint density at radius 3 is 2.07 bits per heavy atom. The lowest BCUT2D eigenvalue weighted by molar-refractivity contribution is -0.143. The van der Waals surface area contributed by atoms with Crippen molar-refractivity contribution in [2.45, 2.75) is 63.2 Å². The van der Waals surface area contributed by atoms with Crippen LogP contribution >= 0.6 is 0 Å². The van der Waals surface area contributed by atoms with E-state index in [-0.39, 0.29) is 17.6 Å². The molecule has 152 valence electrons. The first-order valence-corrected chi connectivity index (χ1v) is 10.9. The number of carbonyl (C=O) groups excluding carboxylic acids is 2. The monoisotopic (exact) mass is 386 g/mol. The fraction of sp³-hybridized carbons (Fsp3) is 0.652. The maximum Gasteiger partial charge on any atom is 0.233 e. The van der Waals surface area contributed by atoms with E-state index in [1.807, 2.05) is 9.80 Å². The van der Waals surface area contributed by atoms with Crippen molar-refractivity contribution >= 4 is 11.8 Å². The number of piperazine rings is 1. The van der Waals surface area contributed by atoms with Gasteiger partial charge in [0.15, 0.2) is 0 Å². The summed E-state index contributed by atoms with van der Waals surface area (Å²) in [7, 11) is 0. The van der Waals surface area contributed by atoms with Gasteiger partial charge in [-0.25, -0.2) is 4.39 Å². The van der Waals surface area contributed by atoms with Crippen LogP contribution in [0.1, 0.15) is 63.4 Å². The predicted octanol–water partition coefficient (Wildman–Crippen LogP) is 3.89. The fourth-order valence-corrected chi connectivity index (χ4v) is 5.43. The summed E-state index contributed by atoms with van der Waals surface area (Å²) in [4.78, 5) is 30.0. The van der Waals surface area contributed by atoms with Crippen LogP contribution in [0.2, 0.25) is 0 Å². The van der Waals surface area contributed by atoms with Crippen LogP contribution in [0, 0.1) is 11.7 Å². The van der Waals surface area contributed by atoms with E-state index in [1.165, 1.54) is 37.8 Å². The SMILES string of the molecule is O=C(CC1CCCC1)N1CCN(C(=O)C2(c3ccc(F)cc3)CCCC2)CC1. The first-order chi connectivity index (χ1) is 13.6. The van der Waals surface area contributed by atoms with Gasteiger partial charge in [0.05, 0.1) is 5.41 Å².